The molecule has 0 aliphatic carbocycles. The first-order valence-corrected chi connectivity index (χ1v) is 3.84. The molecule has 2 nitrogen and oxygen atoms in total. The molecular weight excluding hydrogens is 181 g/mol. The first kappa shape index (κ1) is 9.45. The first-order chi connectivity index (χ1) is 5.65. The van der Waals surface area contributed by atoms with Crippen molar-refractivity contribution in [3.8, 4) is 0 Å². The Labute approximate surface area is 74.8 Å². The van der Waals surface area contributed by atoms with Crippen LogP contribution in [0.3, 0.4) is 0 Å². The Kier molecular flexibility index (Phi) is 3.03. The van der Waals surface area contributed by atoms with Gasteiger partial charge < -0.3 is 10.8 Å². The largest absolute Gasteiger partial charge is 0.394 e. The summed E-state index contributed by atoms with van der Waals surface area (Å²) >= 11 is 5.71. The first-order valence-electron chi connectivity index (χ1n) is 3.46. The molecule has 0 fully saturated rings. The van der Waals surface area contributed by atoms with E-state index in [9.17, 15) is 4.39 Å². The second-order valence-electron chi connectivity index (χ2n) is 2.45. The van der Waals surface area contributed by atoms with Crippen molar-refractivity contribution >= 4 is 11.6 Å². The molecule has 3 N–H and O–H groups in total. The van der Waals surface area contributed by atoms with Gasteiger partial charge in [0.15, 0.2) is 0 Å². The average Bonchev–Trinajstić information content (AvgIpc) is 2.08. The van der Waals surface area contributed by atoms with Crippen LogP contribution in [0.4, 0.5) is 4.39 Å². The average molecular weight is 190 g/mol. The maximum absolute atomic E-state index is 12.6. The number of rotatable bonds is 2. The smallest absolute Gasteiger partial charge is 0.123 e. The zero-order valence-electron chi connectivity index (χ0n) is 6.30. The Hall–Kier alpha value is -0.640. The van der Waals surface area contributed by atoms with E-state index >= 15 is 0 Å². The molecule has 4 heteroatoms. The van der Waals surface area contributed by atoms with Gasteiger partial charge in [0.1, 0.15) is 5.82 Å². The van der Waals surface area contributed by atoms with Gasteiger partial charge in [-0.25, -0.2) is 4.39 Å². The molecular formula is C8H9ClFNO. The second kappa shape index (κ2) is 3.85. The van der Waals surface area contributed by atoms with E-state index in [2.05, 4.69) is 0 Å². The quantitative estimate of drug-likeness (QED) is 0.740. The SMILES string of the molecule is NC(CO)c1cc(F)ccc1Cl. The van der Waals surface area contributed by atoms with E-state index in [1.807, 2.05) is 0 Å². The Morgan fingerprint density at radius 3 is 2.83 bits per heavy atom. The van der Waals surface area contributed by atoms with Crippen molar-refractivity contribution in [1.29, 1.82) is 0 Å². The molecule has 0 aromatic heterocycles. The normalized spacial score (nSPS) is 13.0. The molecule has 0 aliphatic rings. The third kappa shape index (κ3) is 1.94. The highest BCUT2D eigenvalue weighted by molar-refractivity contribution is 6.31. The molecule has 0 saturated heterocycles. The molecule has 0 radical (unpaired) electrons. The summed E-state index contributed by atoms with van der Waals surface area (Å²) < 4.78 is 12.6. The maximum Gasteiger partial charge on any atom is 0.123 e. The number of hydrogen-bond acceptors (Lipinski definition) is 2. The van der Waals surface area contributed by atoms with Crippen LogP contribution < -0.4 is 5.73 Å². The lowest BCUT2D eigenvalue weighted by atomic mass is 10.1. The minimum Gasteiger partial charge on any atom is -0.394 e. The van der Waals surface area contributed by atoms with Gasteiger partial charge in [0.05, 0.1) is 12.6 Å². The molecule has 0 amide bonds. The van der Waals surface area contributed by atoms with Gasteiger partial charge in [-0.05, 0) is 23.8 Å². The number of nitrogens with two attached hydrogens (primary N) is 1. The zero-order chi connectivity index (χ0) is 9.14. The third-order valence-corrected chi connectivity index (χ3v) is 1.90. The maximum atomic E-state index is 12.6. The van der Waals surface area contributed by atoms with Crippen molar-refractivity contribution < 1.29 is 9.50 Å². The van der Waals surface area contributed by atoms with Gasteiger partial charge in [-0.2, -0.15) is 0 Å². The topological polar surface area (TPSA) is 46.2 Å². The summed E-state index contributed by atoms with van der Waals surface area (Å²) in [4.78, 5) is 0. The predicted molar refractivity (Wildman–Crippen MR) is 45.4 cm³/mol. The Balaban J connectivity index is 3.04. The van der Waals surface area contributed by atoms with E-state index in [1.54, 1.807) is 0 Å². The van der Waals surface area contributed by atoms with Gasteiger partial charge in [-0.3, -0.25) is 0 Å². The summed E-state index contributed by atoms with van der Waals surface area (Å²) in [6, 6.07) is 3.27. The molecule has 0 saturated carbocycles. The number of aliphatic hydroxyl groups excluding tert-OH is 1. The summed E-state index contributed by atoms with van der Waals surface area (Å²) in [5.41, 5.74) is 5.89. The lowest BCUT2D eigenvalue weighted by molar-refractivity contribution is 0.268. The van der Waals surface area contributed by atoms with E-state index in [0.717, 1.165) is 0 Å². The standard InChI is InChI=1S/C8H9ClFNO/c9-7-2-1-5(10)3-6(7)8(11)4-12/h1-3,8,12H,4,11H2. The van der Waals surface area contributed by atoms with Crippen LogP contribution in [0.15, 0.2) is 18.2 Å². The van der Waals surface area contributed by atoms with E-state index < -0.39 is 11.9 Å². The van der Waals surface area contributed by atoms with Crippen molar-refractivity contribution in [2.75, 3.05) is 6.61 Å². The van der Waals surface area contributed by atoms with Crippen molar-refractivity contribution in [3.63, 3.8) is 0 Å². The van der Waals surface area contributed by atoms with Gasteiger partial charge in [-0.15, -0.1) is 0 Å². The molecule has 0 heterocycles. The third-order valence-electron chi connectivity index (χ3n) is 1.55. The molecule has 1 unspecified atom stereocenters. The van der Waals surface area contributed by atoms with Crippen LogP contribution in [0.5, 0.6) is 0 Å². The second-order valence-corrected chi connectivity index (χ2v) is 2.86. The summed E-state index contributed by atoms with van der Waals surface area (Å²) in [6.07, 6.45) is 0. The minimum absolute atomic E-state index is 0.247. The van der Waals surface area contributed by atoms with Crippen LogP contribution in [0, 0.1) is 5.82 Å². The number of aliphatic hydroxyl groups is 1. The summed E-state index contributed by atoms with van der Waals surface area (Å²) in [5.74, 6) is -0.404. The lowest BCUT2D eigenvalue weighted by Gasteiger charge is -2.09. The Morgan fingerprint density at radius 1 is 1.58 bits per heavy atom. The molecule has 0 aliphatic heterocycles. The number of halogens is 2. The molecule has 1 aromatic carbocycles. The summed E-state index contributed by atoms with van der Waals surface area (Å²) in [6.45, 7) is -0.247. The highest BCUT2D eigenvalue weighted by Crippen LogP contribution is 2.21. The summed E-state index contributed by atoms with van der Waals surface area (Å²) in [5, 5.41) is 9.07. The van der Waals surface area contributed by atoms with Crippen LogP contribution in [0.25, 0.3) is 0 Å². The predicted octanol–water partition coefficient (Wildman–Crippen LogP) is 1.47. The number of hydrogen-bond donors (Lipinski definition) is 2. The van der Waals surface area contributed by atoms with Crippen molar-refractivity contribution in [2.24, 2.45) is 5.73 Å². The van der Waals surface area contributed by atoms with Crippen LogP contribution in [0.1, 0.15) is 11.6 Å². The van der Waals surface area contributed by atoms with Gasteiger partial charge >= 0.3 is 0 Å². The van der Waals surface area contributed by atoms with E-state index in [1.165, 1.54) is 18.2 Å². The van der Waals surface area contributed by atoms with Crippen molar-refractivity contribution in [3.05, 3.63) is 34.6 Å². The molecule has 0 bridgehead atoms. The number of benzene rings is 1. The van der Waals surface area contributed by atoms with E-state index in [0.29, 0.717) is 10.6 Å². The van der Waals surface area contributed by atoms with Crippen LogP contribution in [-0.4, -0.2) is 11.7 Å². The lowest BCUT2D eigenvalue weighted by Crippen LogP contribution is -2.15. The Bertz CT molecular complexity index is 280. The van der Waals surface area contributed by atoms with Gasteiger partial charge in [-0.1, -0.05) is 11.6 Å². The fraction of sp³-hybridized carbons (Fsp3) is 0.250. The highest BCUT2D eigenvalue weighted by atomic mass is 35.5. The van der Waals surface area contributed by atoms with E-state index in [4.69, 9.17) is 22.4 Å². The highest BCUT2D eigenvalue weighted by Gasteiger charge is 2.09. The molecule has 0 spiro atoms. The molecule has 1 atom stereocenters. The molecule has 1 aromatic rings. The van der Waals surface area contributed by atoms with Crippen LogP contribution in [-0.2, 0) is 0 Å². The minimum atomic E-state index is -0.617. The fourth-order valence-electron chi connectivity index (χ4n) is 0.897. The van der Waals surface area contributed by atoms with Crippen molar-refractivity contribution in [1.82, 2.24) is 0 Å². The molecule has 12 heavy (non-hydrogen) atoms. The van der Waals surface area contributed by atoms with Gasteiger partial charge in [0, 0.05) is 5.02 Å². The molecule has 1 rings (SSSR count). The van der Waals surface area contributed by atoms with Crippen LogP contribution in [0.2, 0.25) is 5.02 Å². The fourth-order valence-corrected chi connectivity index (χ4v) is 1.15. The van der Waals surface area contributed by atoms with Gasteiger partial charge in [0.2, 0.25) is 0 Å². The van der Waals surface area contributed by atoms with Crippen LogP contribution >= 0.6 is 11.6 Å². The zero-order valence-corrected chi connectivity index (χ0v) is 7.05. The van der Waals surface area contributed by atoms with E-state index in [-0.39, 0.29) is 6.61 Å². The monoisotopic (exact) mass is 189 g/mol. The Morgan fingerprint density at radius 2 is 2.25 bits per heavy atom. The van der Waals surface area contributed by atoms with Gasteiger partial charge in [0.25, 0.3) is 0 Å². The summed E-state index contributed by atoms with van der Waals surface area (Å²) in [7, 11) is 0. The van der Waals surface area contributed by atoms with Crippen molar-refractivity contribution in [2.45, 2.75) is 6.04 Å². The molecule has 66 valence electrons.